The number of rotatable bonds is 8. The average Bonchev–Trinajstić information content (AvgIpc) is 3.04. The highest BCUT2D eigenvalue weighted by Crippen LogP contribution is 2.36. The van der Waals surface area contributed by atoms with Crippen molar-refractivity contribution in [3.63, 3.8) is 0 Å². The molecule has 0 atom stereocenters. The second-order valence-corrected chi connectivity index (χ2v) is 6.11. The van der Waals surface area contributed by atoms with E-state index in [0.29, 0.717) is 5.69 Å². The summed E-state index contributed by atoms with van der Waals surface area (Å²) < 4.78 is 46.0. The van der Waals surface area contributed by atoms with E-state index >= 15 is 0 Å². The van der Waals surface area contributed by atoms with Crippen LogP contribution in [0.5, 0.6) is 11.5 Å². The molecular weight excluding hydrogens is 412 g/mol. The maximum Gasteiger partial charge on any atom is 0.387 e. The van der Waals surface area contributed by atoms with Gasteiger partial charge in [-0.3, -0.25) is 4.79 Å². The maximum atomic E-state index is 12.9. The van der Waals surface area contributed by atoms with E-state index in [9.17, 15) is 18.4 Å². The molecule has 2 aromatic carbocycles. The van der Waals surface area contributed by atoms with E-state index in [4.69, 9.17) is 14.2 Å². The Kier molecular flexibility index (Phi) is 6.86. The van der Waals surface area contributed by atoms with Gasteiger partial charge in [-0.15, -0.1) is 0 Å². The Balaban J connectivity index is 2.00. The normalized spacial score (nSPS) is 14.6. The Bertz CT molecular complexity index is 1030. The van der Waals surface area contributed by atoms with E-state index in [1.807, 2.05) is 0 Å². The summed E-state index contributed by atoms with van der Waals surface area (Å²) in [6.07, 6.45) is 1.20. The van der Waals surface area contributed by atoms with E-state index in [0.717, 1.165) is 0 Å². The van der Waals surface area contributed by atoms with Gasteiger partial charge in [0.25, 0.3) is 0 Å². The molecule has 7 nitrogen and oxygen atoms in total. The van der Waals surface area contributed by atoms with Crippen molar-refractivity contribution in [2.24, 2.45) is 0 Å². The lowest BCUT2D eigenvalue weighted by Crippen LogP contribution is -2.16. The van der Waals surface area contributed by atoms with Crippen LogP contribution in [0.4, 0.5) is 14.5 Å². The van der Waals surface area contributed by atoms with Gasteiger partial charge in [-0.05, 0) is 31.2 Å². The lowest BCUT2D eigenvalue weighted by molar-refractivity contribution is -0.139. The number of para-hydroxylation sites is 2. The fourth-order valence-electron chi connectivity index (χ4n) is 2.82. The first-order chi connectivity index (χ1) is 14.9. The highest BCUT2D eigenvalue weighted by molar-refractivity contribution is 6.26. The molecule has 0 saturated heterocycles. The van der Waals surface area contributed by atoms with Gasteiger partial charge in [0.1, 0.15) is 0 Å². The number of esters is 1. The van der Waals surface area contributed by atoms with Gasteiger partial charge in [-0.1, -0.05) is 30.3 Å². The molecular formula is C22H19F2NO6. The molecule has 1 aliphatic heterocycles. The van der Waals surface area contributed by atoms with Crippen molar-refractivity contribution in [1.29, 1.82) is 0 Å². The van der Waals surface area contributed by atoms with Crippen LogP contribution in [0.1, 0.15) is 12.5 Å². The molecule has 0 bridgehead atoms. The van der Waals surface area contributed by atoms with Gasteiger partial charge in [0.15, 0.2) is 22.8 Å². The van der Waals surface area contributed by atoms with Gasteiger partial charge >= 0.3 is 12.6 Å². The van der Waals surface area contributed by atoms with Crippen LogP contribution in [0.25, 0.3) is 6.08 Å². The van der Waals surface area contributed by atoms with Gasteiger partial charge in [0.2, 0.25) is 11.7 Å². The molecule has 162 valence electrons. The molecule has 9 heteroatoms. The molecule has 0 aromatic heterocycles. The van der Waals surface area contributed by atoms with Crippen LogP contribution in [-0.2, 0) is 19.1 Å². The molecule has 3 rings (SSSR count). The maximum absolute atomic E-state index is 12.9. The standard InChI is InChI=1S/C22H19F2NO6/c1-3-29-21(27)17-18(26)16(30-20(17)25-14-9-5-4-6-10-14)12-13-8-7-11-15(28-2)19(13)31-22(23)24/h4-12,22,25H,3H2,1-2H3/b16-12-. The number of benzene rings is 2. The van der Waals surface area contributed by atoms with Crippen LogP contribution in [0.2, 0.25) is 0 Å². The Hall–Kier alpha value is -3.88. The Morgan fingerprint density at radius 2 is 1.90 bits per heavy atom. The highest BCUT2D eigenvalue weighted by atomic mass is 19.3. The lowest BCUT2D eigenvalue weighted by Gasteiger charge is -2.13. The minimum Gasteiger partial charge on any atom is -0.493 e. The molecule has 0 fully saturated rings. The van der Waals surface area contributed by atoms with Crippen molar-refractivity contribution in [2.75, 3.05) is 19.0 Å². The number of hydrogen-bond donors (Lipinski definition) is 1. The Labute approximate surface area is 176 Å². The third-order valence-corrected chi connectivity index (χ3v) is 4.12. The monoisotopic (exact) mass is 431 g/mol. The van der Waals surface area contributed by atoms with Crippen molar-refractivity contribution in [3.05, 3.63) is 71.3 Å². The highest BCUT2D eigenvalue weighted by Gasteiger charge is 2.37. The third-order valence-electron chi connectivity index (χ3n) is 4.12. The molecule has 1 heterocycles. The van der Waals surface area contributed by atoms with Crippen LogP contribution >= 0.6 is 0 Å². The number of ether oxygens (including phenoxy) is 4. The SMILES string of the molecule is CCOC(=O)C1=C(Nc2ccccc2)O/C(=C\c2cccc(OC)c2OC(F)F)C1=O. The second kappa shape index (κ2) is 9.75. The third kappa shape index (κ3) is 5.00. The Morgan fingerprint density at radius 1 is 1.16 bits per heavy atom. The largest absolute Gasteiger partial charge is 0.493 e. The van der Waals surface area contributed by atoms with Gasteiger partial charge in [0.05, 0.1) is 13.7 Å². The second-order valence-electron chi connectivity index (χ2n) is 6.11. The summed E-state index contributed by atoms with van der Waals surface area (Å²) in [7, 11) is 1.30. The van der Waals surface area contributed by atoms with Gasteiger partial charge in [0, 0.05) is 11.3 Å². The number of ketones is 1. The molecule has 0 spiro atoms. The summed E-state index contributed by atoms with van der Waals surface area (Å²) in [6.45, 7) is -1.46. The van der Waals surface area contributed by atoms with Crippen LogP contribution in [0.15, 0.2) is 65.7 Å². The summed E-state index contributed by atoms with van der Waals surface area (Å²) >= 11 is 0. The molecule has 0 aliphatic carbocycles. The average molecular weight is 431 g/mol. The van der Waals surface area contributed by atoms with Crippen molar-refractivity contribution in [2.45, 2.75) is 13.5 Å². The Morgan fingerprint density at radius 3 is 2.55 bits per heavy atom. The van der Waals surface area contributed by atoms with Gasteiger partial charge in [-0.2, -0.15) is 8.78 Å². The number of hydrogen-bond acceptors (Lipinski definition) is 7. The number of methoxy groups -OCH3 is 1. The molecule has 0 radical (unpaired) electrons. The van der Waals surface area contributed by atoms with Crippen LogP contribution in [-0.4, -0.2) is 32.1 Å². The van der Waals surface area contributed by atoms with Crippen LogP contribution < -0.4 is 14.8 Å². The van der Waals surface area contributed by atoms with E-state index in [1.54, 1.807) is 37.3 Å². The quantitative estimate of drug-likeness (QED) is 0.382. The zero-order valence-corrected chi connectivity index (χ0v) is 16.7. The summed E-state index contributed by atoms with van der Waals surface area (Å²) in [5.41, 5.74) is 0.333. The predicted octanol–water partition coefficient (Wildman–Crippen LogP) is 4.12. The van der Waals surface area contributed by atoms with Crippen molar-refractivity contribution < 1.29 is 37.3 Å². The number of alkyl halides is 2. The van der Waals surface area contributed by atoms with E-state index in [2.05, 4.69) is 10.1 Å². The number of anilines is 1. The topological polar surface area (TPSA) is 83.1 Å². The molecule has 0 amide bonds. The summed E-state index contributed by atoms with van der Waals surface area (Å²) in [5, 5.41) is 2.86. The first-order valence-electron chi connectivity index (χ1n) is 9.24. The fourth-order valence-corrected chi connectivity index (χ4v) is 2.82. The first-order valence-corrected chi connectivity index (χ1v) is 9.24. The van der Waals surface area contributed by atoms with Crippen LogP contribution in [0, 0.1) is 0 Å². The molecule has 0 unspecified atom stereocenters. The van der Waals surface area contributed by atoms with E-state index < -0.39 is 18.4 Å². The number of carbonyl (C=O) groups excluding carboxylic acids is 2. The number of carbonyl (C=O) groups is 2. The molecule has 0 saturated carbocycles. The minimum atomic E-state index is -3.11. The number of halogens is 2. The molecule has 1 N–H and O–H groups in total. The van der Waals surface area contributed by atoms with Gasteiger partial charge < -0.3 is 24.3 Å². The molecule has 31 heavy (non-hydrogen) atoms. The number of Topliss-reactive ketones (excluding diaryl/α,β-unsaturated/α-hetero) is 1. The number of nitrogens with one attached hydrogen (secondary N) is 1. The molecule has 1 aliphatic rings. The van der Waals surface area contributed by atoms with E-state index in [1.165, 1.54) is 31.4 Å². The first kappa shape index (κ1) is 21.8. The summed E-state index contributed by atoms with van der Waals surface area (Å²) in [5.74, 6) is -2.26. The molecule has 2 aromatic rings. The smallest absolute Gasteiger partial charge is 0.387 e. The van der Waals surface area contributed by atoms with Crippen molar-refractivity contribution in [3.8, 4) is 11.5 Å². The number of allylic oxidation sites excluding steroid dienone is 1. The van der Waals surface area contributed by atoms with Gasteiger partial charge in [-0.25, -0.2) is 4.79 Å². The summed E-state index contributed by atoms with van der Waals surface area (Å²) in [4.78, 5) is 25.3. The minimum absolute atomic E-state index is 0.0429. The zero-order chi connectivity index (χ0) is 22.4. The van der Waals surface area contributed by atoms with Crippen molar-refractivity contribution >= 4 is 23.5 Å². The van der Waals surface area contributed by atoms with Crippen molar-refractivity contribution in [1.82, 2.24) is 0 Å². The fraction of sp³-hybridized carbons (Fsp3) is 0.182. The predicted molar refractivity (Wildman–Crippen MR) is 107 cm³/mol. The van der Waals surface area contributed by atoms with E-state index in [-0.39, 0.29) is 40.9 Å². The lowest BCUT2D eigenvalue weighted by atomic mass is 10.1. The zero-order valence-electron chi connectivity index (χ0n) is 16.7. The summed E-state index contributed by atoms with van der Waals surface area (Å²) in [6, 6.07) is 13.1. The van der Waals surface area contributed by atoms with Crippen LogP contribution in [0.3, 0.4) is 0 Å².